The second-order valence-electron chi connectivity index (χ2n) is 8.76. The maximum atomic E-state index is 12.3. The van der Waals surface area contributed by atoms with Crippen LogP contribution in [0.5, 0.6) is 11.6 Å². The first-order valence-electron chi connectivity index (χ1n) is 10.6. The van der Waals surface area contributed by atoms with Crippen LogP contribution in [-0.2, 0) is 11.3 Å². The lowest BCUT2D eigenvalue weighted by atomic mass is 9.93. The van der Waals surface area contributed by atoms with Gasteiger partial charge in [0.05, 0.1) is 12.7 Å². The Bertz CT molecular complexity index is 961. The lowest BCUT2D eigenvalue weighted by Crippen LogP contribution is -2.41. The minimum atomic E-state index is -1.01. The smallest absolute Gasteiger partial charge is 0.410 e. The molecule has 1 saturated heterocycles. The van der Waals surface area contributed by atoms with Crippen LogP contribution in [0.4, 0.5) is 4.79 Å². The molecule has 0 saturated carbocycles. The topological polar surface area (TPSA) is 98.2 Å². The van der Waals surface area contributed by atoms with Crippen LogP contribution < -0.4 is 9.47 Å². The zero-order valence-corrected chi connectivity index (χ0v) is 19.0. The SMILES string of the molecule is COc1cc(C(=O)O)ccc1COc1cccc(C2CCN(C(=O)OC(C)(C)C)CC2)n1. The van der Waals surface area contributed by atoms with Crippen LogP contribution in [-0.4, -0.2) is 52.9 Å². The molecule has 8 nitrogen and oxygen atoms in total. The molecule has 1 aromatic heterocycles. The van der Waals surface area contributed by atoms with Crippen molar-refractivity contribution in [2.45, 2.75) is 51.7 Å². The van der Waals surface area contributed by atoms with Crippen LogP contribution in [0.1, 0.15) is 61.1 Å². The van der Waals surface area contributed by atoms with Crippen LogP contribution in [0.3, 0.4) is 0 Å². The highest BCUT2D eigenvalue weighted by atomic mass is 16.6. The number of carbonyl (C=O) groups excluding carboxylic acids is 1. The zero-order chi connectivity index (χ0) is 23.3. The first kappa shape index (κ1) is 23.4. The number of pyridine rings is 1. The summed E-state index contributed by atoms with van der Waals surface area (Å²) in [4.78, 5) is 29.8. The first-order chi connectivity index (χ1) is 15.2. The summed E-state index contributed by atoms with van der Waals surface area (Å²) < 4.78 is 16.6. The third-order valence-electron chi connectivity index (χ3n) is 5.22. The van der Waals surface area contributed by atoms with Crippen molar-refractivity contribution in [2.75, 3.05) is 20.2 Å². The number of piperidine rings is 1. The van der Waals surface area contributed by atoms with Crippen LogP contribution in [0.15, 0.2) is 36.4 Å². The highest BCUT2D eigenvalue weighted by Gasteiger charge is 2.28. The Hall–Kier alpha value is -3.29. The number of aromatic carboxylic acids is 1. The van der Waals surface area contributed by atoms with E-state index in [2.05, 4.69) is 4.98 Å². The number of likely N-dealkylation sites (tertiary alicyclic amines) is 1. The van der Waals surface area contributed by atoms with E-state index in [0.717, 1.165) is 24.1 Å². The molecule has 2 heterocycles. The number of aromatic nitrogens is 1. The van der Waals surface area contributed by atoms with Crippen molar-refractivity contribution in [3.8, 4) is 11.6 Å². The molecule has 3 rings (SSSR count). The van der Waals surface area contributed by atoms with Gasteiger partial charge in [0.25, 0.3) is 0 Å². The Labute approximate surface area is 188 Å². The van der Waals surface area contributed by atoms with Gasteiger partial charge in [-0.05, 0) is 51.8 Å². The second kappa shape index (κ2) is 9.89. The van der Waals surface area contributed by atoms with Crippen molar-refractivity contribution in [1.29, 1.82) is 0 Å². The largest absolute Gasteiger partial charge is 0.496 e. The molecule has 2 aromatic rings. The lowest BCUT2D eigenvalue weighted by Gasteiger charge is -2.33. The van der Waals surface area contributed by atoms with E-state index in [1.165, 1.54) is 19.2 Å². The van der Waals surface area contributed by atoms with Crippen LogP contribution in [0.25, 0.3) is 0 Å². The molecular weight excluding hydrogens is 412 g/mol. The van der Waals surface area contributed by atoms with E-state index in [1.54, 1.807) is 17.0 Å². The van der Waals surface area contributed by atoms with Crippen molar-refractivity contribution in [2.24, 2.45) is 0 Å². The summed E-state index contributed by atoms with van der Waals surface area (Å²) in [7, 11) is 1.49. The van der Waals surface area contributed by atoms with Gasteiger partial charge in [-0.15, -0.1) is 0 Å². The Morgan fingerprint density at radius 3 is 2.50 bits per heavy atom. The molecule has 8 heteroatoms. The summed E-state index contributed by atoms with van der Waals surface area (Å²) in [6.45, 7) is 7.05. The molecule has 32 heavy (non-hydrogen) atoms. The molecule has 1 fully saturated rings. The quantitative estimate of drug-likeness (QED) is 0.704. The lowest BCUT2D eigenvalue weighted by molar-refractivity contribution is 0.0203. The monoisotopic (exact) mass is 442 g/mol. The van der Waals surface area contributed by atoms with Crippen molar-refractivity contribution >= 4 is 12.1 Å². The summed E-state index contributed by atoms with van der Waals surface area (Å²) in [6.07, 6.45) is 1.34. The standard InChI is InChI=1S/C24H30N2O6/c1-24(2,3)32-23(29)26-12-10-16(11-13-26)19-6-5-7-21(25-19)31-15-18-9-8-17(22(27)28)14-20(18)30-4/h5-9,14,16H,10-13,15H2,1-4H3,(H,27,28). The fourth-order valence-electron chi connectivity index (χ4n) is 3.57. The average molecular weight is 443 g/mol. The van der Waals surface area contributed by atoms with Gasteiger partial charge in [-0.25, -0.2) is 14.6 Å². The number of benzene rings is 1. The Morgan fingerprint density at radius 2 is 1.88 bits per heavy atom. The molecule has 0 atom stereocenters. The van der Waals surface area contributed by atoms with Gasteiger partial charge in [0, 0.05) is 36.3 Å². The van der Waals surface area contributed by atoms with E-state index >= 15 is 0 Å². The molecule has 0 radical (unpaired) electrons. The molecule has 1 aromatic carbocycles. The average Bonchev–Trinajstić information content (AvgIpc) is 2.76. The maximum absolute atomic E-state index is 12.3. The van der Waals surface area contributed by atoms with E-state index in [0.29, 0.717) is 24.7 Å². The summed E-state index contributed by atoms with van der Waals surface area (Å²) >= 11 is 0. The van der Waals surface area contributed by atoms with Crippen molar-refractivity contribution < 1.29 is 28.9 Å². The molecule has 0 bridgehead atoms. The number of hydrogen-bond acceptors (Lipinski definition) is 6. The molecule has 1 N–H and O–H groups in total. The Morgan fingerprint density at radius 1 is 1.16 bits per heavy atom. The van der Waals surface area contributed by atoms with Gasteiger partial charge in [-0.1, -0.05) is 12.1 Å². The number of amides is 1. The van der Waals surface area contributed by atoms with E-state index in [9.17, 15) is 9.59 Å². The number of methoxy groups -OCH3 is 1. The van der Waals surface area contributed by atoms with Crippen LogP contribution in [0.2, 0.25) is 0 Å². The highest BCUT2D eigenvalue weighted by molar-refractivity contribution is 5.88. The summed E-state index contributed by atoms with van der Waals surface area (Å²) in [5, 5.41) is 9.13. The molecule has 0 spiro atoms. The van der Waals surface area contributed by atoms with Gasteiger partial charge in [-0.3, -0.25) is 0 Å². The zero-order valence-electron chi connectivity index (χ0n) is 19.0. The summed E-state index contributed by atoms with van der Waals surface area (Å²) in [5.74, 6) is 0.168. The van der Waals surface area contributed by atoms with Gasteiger partial charge >= 0.3 is 12.1 Å². The van der Waals surface area contributed by atoms with Gasteiger partial charge in [0.1, 0.15) is 18.0 Å². The number of carboxylic acid groups (broad SMARTS) is 1. The van der Waals surface area contributed by atoms with E-state index in [4.69, 9.17) is 19.3 Å². The molecule has 1 amide bonds. The van der Waals surface area contributed by atoms with Gasteiger partial charge < -0.3 is 24.2 Å². The maximum Gasteiger partial charge on any atom is 0.410 e. The van der Waals surface area contributed by atoms with E-state index < -0.39 is 11.6 Å². The Balaban J connectivity index is 1.60. The summed E-state index contributed by atoms with van der Waals surface area (Å²) in [6, 6.07) is 10.3. The molecular formula is C24H30N2O6. The normalized spacial score (nSPS) is 14.7. The minimum absolute atomic E-state index is 0.156. The minimum Gasteiger partial charge on any atom is -0.496 e. The van der Waals surface area contributed by atoms with Crippen LogP contribution >= 0.6 is 0 Å². The molecule has 1 aliphatic rings. The number of ether oxygens (including phenoxy) is 3. The van der Waals surface area contributed by atoms with Gasteiger partial charge in [-0.2, -0.15) is 0 Å². The highest BCUT2D eigenvalue weighted by Crippen LogP contribution is 2.29. The molecule has 0 unspecified atom stereocenters. The fraction of sp³-hybridized carbons (Fsp3) is 0.458. The summed E-state index contributed by atoms with van der Waals surface area (Å²) in [5.41, 5.74) is 1.32. The molecule has 1 aliphatic heterocycles. The molecule has 0 aliphatic carbocycles. The van der Waals surface area contributed by atoms with Crippen molar-refractivity contribution in [1.82, 2.24) is 9.88 Å². The van der Waals surface area contributed by atoms with Gasteiger partial charge in [0.2, 0.25) is 5.88 Å². The second-order valence-corrected chi connectivity index (χ2v) is 8.76. The van der Waals surface area contributed by atoms with Crippen molar-refractivity contribution in [3.63, 3.8) is 0 Å². The Kier molecular flexibility index (Phi) is 7.22. The predicted octanol–water partition coefficient (Wildman–Crippen LogP) is 4.48. The number of hydrogen-bond donors (Lipinski definition) is 1. The number of carboxylic acids is 1. The number of rotatable bonds is 6. The number of nitrogens with zero attached hydrogens (tertiary/aromatic N) is 2. The fourth-order valence-corrected chi connectivity index (χ4v) is 3.57. The van der Waals surface area contributed by atoms with E-state index in [1.807, 2.05) is 32.9 Å². The molecule has 172 valence electrons. The first-order valence-corrected chi connectivity index (χ1v) is 10.6. The van der Waals surface area contributed by atoms with Gasteiger partial charge in [0.15, 0.2) is 0 Å². The third-order valence-corrected chi connectivity index (χ3v) is 5.22. The van der Waals surface area contributed by atoms with E-state index in [-0.39, 0.29) is 24.2 Å². The van der Waals surface area contributed by atoms with Crippen LogP contribution in [0, 0.1) is 0 Å². The third kappa shape index (κ3) is 6.12. The number of carbonyl (C=O) groups is 2. The predicted molar refractivity (Wildman–Crippen MR) is 118 cm³/mol. The van der Waals surface area contributed by atoms with Crippen molar-refractivity contribution in [3.05, 3.63) is 53.2 Å².